The number of amides is 3. The van der Waals surface area contributed by atoms with E-state index in [0.29, 0.717) is 67.7 Å². The topological polar surface area (TPSA) is 190 Å². The summed E-state index contributed by atoms with van der Waals surface area (Å²) in [6.45, 7) is -3.70. The number of hydrogen-bond acceptors (Lipinski definition) is 13. The summed E-state index contributed by atoms with van der Waals surface area (Å²) >= 11 is 1.96. The summed E-state index contributed by atoms with van der Waals surface area (Å²) in [7, 11) is 0. The zero-order valence-corrected chi connectivity index (χ0v) is 36.3. The lowest BCUT2D eigenvalue weighted by Gasteiger charge is -2.37. The number of rotatable bonds is 32. The summed E-state index contributed by atoms with van der Waals surface area (Å²) in [6, 6.07) is 0. The number of alkyl halides is 12. The van der Waals surface area contributed by atoms with Gasteiger partial charge in [0.1, 0.15) is 18.1 Å². The minimum absolute atomic E-state index is 0.0283. The van der Waals surface area contributed by atoms with Crippen LogP contribution in [0, 0.1) is 11.8 Å². The molecule has 1 aliphatic carbocycles. The lowest BCUT2D eigenvalue weighted by atomic mass is 9.92. The van der Waals surface area contributed by atoms with Gasteiger partial charge in [0.15, 0.2) is 0 Å². The maximum atomic E-state index is 14.6. The standard InChI is InChI=1S/C37H52F12N6O10S/c1-32(38,39)23-64-34(41,36(45,46)47)37(48,49)65-33(40,35(42,43)44)31(59)52-9-14-61-12-7-51-30(58)6-11-60-16-17-63-21-25-20-55(54-53-25)10-15-62-13-8-50-29(57)5-3-2-4-28-27-19-26(56)18-24(27)22-66-28/h20,24,27-28H,2-19,21-23H2,1H3,(H,50,57)(H,51,58)(H,52,59)/t24-,27-,28?,33?,34?/m0/s1. The van der Waals surface area contributed by atoms with Gasteiger partial charge in [-0.25, -0.2) is 13.5 Å². The number of hydrogen-bond donors (Lipinski definition) is 3. The van der Waals surface area contributed by atoms with Gasteiger partial charge < -0.3 is 39.6 Å². The highest BCUT2D eigenvalue weighted by molar-refractivity contribution is 8.00. The summed E-state index contributed by atoms with van der Waals surface area (Å²) in [5, 5.41) is 14.8. The SMILES string of the molecule is CC(F)(F)COC(F)(C(F)(F)F)C(F)(F)OC(F)(C(=O)NCCOCCNC(=O)CCOCCOCc1cn(CCOCCNC(=O)CCCCC2SC[C@@H]3CC(=O)C[C@H]23)nn1)C(F)(F)F. The number of halogens is 12. The first-order valence-corrected chi connectivity index (χ1v) is 21.6. The average molecular weight is 1000 g/mol. The lowest BCUT2D eigenvalue weighted by Crippen LogP contribution is -2.66. The molecule has 380 valence electrons. The van der Waals surface area contributed by atoms with E-state index in [2.05, 4.69) is 30.4 Å². The van der Waals surface area contributed by atoms with Crippen molar-refractivity contribution < 1.29 is 100 Å². The molecule has 2 aliphatic rings. The number of carbonyl (C=O) groups is 4. The number of nitrogens with one attached hydrogen (secondary N) is 3. The Morgan fingerprint density at radius 3 is 2.00 bits per heavy atom. The zero-order valence-electron chi connectivity index (χ0n) is 35.5. The molecule has 1 saturated heterocycles. The number of Topliss-reactive ketones (excluding diaryl/α,β-unsaturated/α-hetero) is 1. The highest BCUT2D eigenvalue weighted by atomic mass is 32.2. The van der Waals surface area contributed by atoms with Crippen LogP contribution in [0.3, 0.4) is 0 Å². The van der Waals surface area contributed by atoms with E-state index in [-0.39, 0.29) is 58.8 Å². The van der Waals surface area contributed by atoms with Crippen LogP contribution in [0.1, 0.15) is 57.6 Å². The molecule has 1 aromatic heterocycles. The van der Waals surface area contributed by atoms with E-state index in [1.54, 1.807) is 10.9 Å². The van der Waals surface area contributed by atoms with Crippen molar-refractivity contribution in [2.75, 3.05) is 78.2 Å². The molecule has 3 N–H and O–H groups in total. The second kappa shape index (κ2) is 25.7. The Morgan fingerprint density at radius 2 is 1.36 bits per heavy atom. The maximum Gasteiger partial charge on any atom is 0.458 e. The second-order valence-corrected chi connectivity index (χ2v) is 16.5. The smallest absolute Gasteiger partial charge is 0.379 e. The molecular weight excluding hydrogens is 948 g/mol. The Kier molecular flexibility index (Phi) is 22.2. The molecular formula is C37H52F12N6O10S. The molecule has 2 heterocycles. The zero-order chi connectivity index (χ0) is 49.2. The minimum atomic E-state index is -7.08. The van der Waals surface area contributed by atoms with Gasteiger partial charge in [0.05, 0.1) is 65.6 Å². The number of fused-ring (bicyclic) bond motifs is 1. The summed E-state index contributed by atoms with van der Waals surface area (Å²) in [6.07, 6.45) is -14.8. The Bertz CT molecular complexity index is 1690. The molecule has 1 aliphatic heterocycles. The number of aromatic nitrogens is 3. The molecule has 5 atom stereocenters. The Balaban J connectivity index is 1.17. The molecule has 0 aromatic carbocycles. The predicted molar refractivity (Wildman–Crippen MR) is 204 cm³/mol. The summed E-state index contributed by atoms with van der Waals surface area (Å²) in [5.74, 6) is -18.8. The first-order chi connectivity index (χ1) is 30.8. The average Bonchev–Trinajstić information content (AvgIpc) is 3.93. The summed E-state index contributed by atoms with van der Waals surface area (Å²) in [4.78, 5) is 47.7. The molecule has 1 aromatic rings. The van der Waals surface area contributed by atoms with Crippen LogP contribution in [0.25, 0.3) is 0 Å². The van der Waals surface area contributed by atoms with Gasteiger partial charge in [-0.2, -0.15) is 55.7 Å². The van der Waals surface area contributed by atoms with E-state index < -0.39 is 67.7 Å². The fourth-order valence-electron chi connectivity index (χ4n) is 6.40. The Hall–Kier alpha value is -3.51. The van der Waals surface area contributed by atoms with Crippen molar-refractivity contribution in [3.05, 3.63) is 11.9 Å². The van der Waals surface area contributed by atoms with Gasteiger partial charge in [-0.15, -0.1) is 5.10 Å². The predicted octanol–water partition coefficient (Wildman–Crippen LogP) is 4.59. The molecule has 66 heavy (non-hydrogen) atoms. The molecule has 29 heteroatoms. The number of ketones is 1. The van der Waals surface area contributed by atoms with Crippen LogP contribution in [0.4, 0.5) is 52.7 Å². The quantitative estimate of drug-likeness (QED) is 0.0672. The van der Waals surface area contributed by atoms with Crippen molar-refractivity contribution in [2.24, 2.45) is 11.8 Å². The van der Waals surface area contributed by atoms with E-state index in [9.17, 15) is 71.9 Å². The summed E-state index contributed by atoms with van der Waals surface area (Å²) < 4.78 is 190. The number of carbonyl (C=O) groups excluding carboxylic acids is 4. The number of thioether (sulfide) groups is 1. The first-order valence-electron chi connectivity index (χ1n) is 20.5. The van der Waals surface area contributed by atoms with E-state index >= 15 is 0 Å². The Morgan fingerprint density at radius 1 is 0.758 bits per heavy atom. The normalized spacial score (nSPS) is 19.9. The van der Waals surface area contributed by atoms with Crippen molar-refractivity contribution in [3.63, 3.8) is 0 Å². The lowest BCUT2D eigenvalue weighted by molar-refractivity contribution is -0.498. The molecule has 1 saturated carbocycles. The van der Waals surface area contributed by atoms with E-state index in [4.69, 9.17) is 18.9 Å². The van der Waals surface area contributed by atoms with E-state index in [1.807, 2.05) is 11.8 Å². The third-order valence-electron chi connectivity index (χ3n) is 9.71. The number of unbranched alkanes of at least 4 members (excludes halogenated alkanes) is 1. The van der Waals surface area contributed by atoms with Crippen LogP contribution in [-0.2, 0) is 60.8 Å². The van der Waals surface area contributed by atoms with Gasteiger partial charge in [0.25, 0.3) is 11.8 Å². The van der Waals surface area contributed by atoms with Gasteiger partial charge >= 0.3 is 30.2 Å². The molecule has 3 amide bonds. The van der Waals surface area contributed by atoms with E-state index in [0.717, 1.165) is 36.8 Å². The van der Waals surface area contributed by atoms with Gasteiger partial charge in [-0.05, 0) is 30.4 Å². The van der Waals surface area contributed by atoms with Gasteiger partial charge in [0.2, 0.25) is 11.8 Å². The largest absolute Gasteiger partial charge is 0.458 e. The fourth-order valence-corrected chi connectivity index (χ4v) is 8.15. The van der Waals surface area contributed by atoms with Crippen LogP contribution in [0.15, 0.2) is 6.20 Å². The molecule has 0 radical (unpaired) electrons. The Labute approximate surface area is 374 Å². The van der Waals surface area contributed by atoms with Gasteiger partial charge in [-0.3, -0.25) is 23.9 Å². The molecule has 0 bridgehead atoms. The van der Waals surface area contributed by atoms with Crippen LogP contribution in [0.2, 0.25) is 0 Å². The van der Waals surface area contributed by atoms with Gasteiger partial charge in [-0.1, -0.05) is 11.6 Å². The van der Waals surface area contributed by atoms with Crippen LogP contribution < -0.4 is 16.0 Å². The molecule has 3 rings (SSSR count). The molecule has 2 fully saturated rings. The third kappa shape index (κ3) is 18.2. The highest BCUT2D eigenvalue weighted by Gasteiger charge is 2.80. The van der Waals surface area contributed by atoms with Crippen LogP contribution in [0.5, 0.6) is 0 Å². The molecule has 0 spiro atoms. The van der Waals surface area contributed by atoms with Crippen molar-refractivity contribution in [1.29, 1.82) is 0 Å². The monoisotopic (exact) mass is 1000 g/mol. The minimum Gasteiger partial charge on any atom is -0.379 e. The van der Waals surface area contributed by atoms with Crippen LogP contribution >= 0.6 is 11.8 Å². The van der Waals surface area contributed by atoms with Crippen molar-refractivity contribution in [2.45, 2.75) is 106 Å². The first kappa shape index (κ1) is 56.8. The molecule has 3 unspecified atom stereocenters. The number of ether oxygens (including phenoxy) is 6. The summed E-state index contributed by atoms with van der Waals surface area (Å²) in [5.41, 5.74) is 0.533. The van der Waals surface area contributed by atoms with E-state index in [1.165, 1.54) is 0 Å². The number of nitrogens with zero attached hydrogens (tertiary/aromatic N) is 3. The highest BCUT2D eigenvalue weighted by Crippen LogP contribution is 2.51. The fraction of sp³-hybridized carbons (Fsp3) is 0.838. The van der Waals surface area contributed by atoms with Crippen molar-refractivity contribution in [3.8, 4) is 0 Å². The van der Waals surface area contributed by atoms with Crippen LogP contribution in [-0.4, -0.2) is 158 Å². The second-order valence-electron chi connectivity index (χ2n) is 15.2. The van der Waals surface area contributed by atoms with Gasteiger partial charge in [0, 0.05) is 57.5 Å². The van der Waals surface area contributed by atoms with Crippen molar-refractivity contribution >= 4 is 35.3 Å². The third-order valence-corrected chi connectivity index (χ3v) is 11.3. The maximum absolute atomic E-state index is 14.6. The van der Waals surface area contributed by atoms with Crippen molar-refractivity contribution in [1.82, 2.24) is 30.9 Å². The molecule has 16 nitrogen and oxygen atoms in total.